The van der Waals surface area contributed by atoms with Gasteiger partial charge in [-0.25, -0.2) is 9.78 Å². The molecule has 37 heavy (non-hydrogen) atoms. The molecule has 1 fully saturated rings. The van der Waals surface area contributed by atoms with Crippen molar-refractivity contribution in [1.29, 1.82) is 0 Å². The summed E-state index contributed by atoms with van der Waals surface area (Å²) in [6, 6.07) is 24.6. The summed E-state index contributed by atoms with van der Waals surface area (Å²) < 4.78 is 0. The Bertz CT molecular complexity index is 1310. The molecule has 1 heterocycles. The molecule has 0 saturated heterocycles. The maximum absolute atomic E-state index is 11.1. The normalized spacial score (nSPS) is 13.9. The first-order valence-corrected chi connectivity index (χ1v) is 13.9. The molecule has 0 atom stereocenters. The lowest BCUT2D eigenvalue weighted by molar-refractivity contribution is 0.0697. The van der Waals surface area contributed by atoms with E-state index in [1.54, 1.807) is 23.5 Å². The number of anilines is 2. The minimum absolute atomic E-state index is 0.300. The lowest BCUT2D eigenvalue weighted by Crippen LogP contribution is -2.16. The molecular weight excluding hydrogens is 478 g/mol. The van der Waals surface area contributed by atoms with Gasteiger partial charge in [-0.15, -0.1) is 11.3 Å². The van der Waals surface area contributed by atoms with Crippen LogP contribution >= 0.6 is 11.3 Å². The number of hydrogen-bond acceptors (Lipinski definition) is 5. The zero-order valence-electron chi connectivity index (χ0n) is 21.2. The fourth-order valence-corrected chi connectivity index (χ4v) is 5.77. The Morgan fingerprint density at radius 2 is 1.62 bits per heavy atom. The number of aromatic carboxylic acids is 1. The first kappa shape index (κ1) is 25.0. The van der Waals surface area contributed by atoms with Crippen LogP contribution in [0.3, 0.4) is 0 Å². The van der Waals surface area contributed by atoms with Crippen LogP contribution in [0.25, 0.3) is 11.3 Å². The Kier molecular flexibility index (Phi) is 7.85. The van der Waals surface area contributed by atoms with Gasteiger partial charge in [0.15, 0.2) is 5.13 Å². The van der Waals surface area contributed by atoms with Gasteiger partial charge >= 0.3 is 5.97 Å². The molecule has 4 aromatic rings. The molecule has 0 spiro atoms. The molecule has 190 valence electrons. The molecule has 1 saturated carbocycles. The lowest BCUT2D eigenvalue weighted by Gasteiger charge is -2.22. The number of carbonyl (C=O) groups is 1. The summed E-state index contributed by atoms with van der Waals surface area (Å²) in [7, 11) is 2.00. The van der Waals surface area contributed by atoms with Crippen molar-refractivity contribution < 1.29 is 9.90 Å². The number of thiazole rings is 1. The van der Waals surface area contributed by atoms with Crippen molar-refractivity contribution in [2.75, 3.05) is 17.3 Å². The highest BCUT2D eigenvalue weighted by Crippen LogP contribution is 2.33. The van der Waals surface area contributed by atoms with Crippen LogP contribution in [0, 0.1) is 0 Å². The second kappa shape index (κ2) is 11.6. The Hall–Kier alpha value is -3.64. The fourth-order valence-electron chi connectivity index (χ4n) is 4.97. The Morgan fingerprint density at radius 1 is 0.946 bits per heavy atom. The highest BCUT2D eigenvalue weighted by atomic mass is 32.1. The maximum atomic E-state index is 11.1. The number of carboxylic acid groups (broad SMARTS) is 1. The fraction of sp³-hybridized carbons (Fsp3) is 0.290. The van der Waals surface area contributed by atoms with Gasteiger partial charge in [0.25, 0.3) is 0 Å². The lowest BCUT2D eigenvalue weighted by atomic mass is 9.84. The second-order valence-electron chi connectivity index (χ2n) is 9.88. The monoisotopic (exact) mass is 511 g/mol. The summed E-state index contributed by atoms with van der Waals surface area (Å²) in [4.78, 5) is 18.0. The van der Waals surface area contributed by atoms with E-state index < -0.39 is 5.97 Å². The number of benzene rings is 3. The van der Waals surface area contributed by atoms with E-state index in [0.29, 0.717) is 12.1 Å². The smallest absolute Gasteiger partial charge is 0.335 e. The van der Waals surface area contributed by atoms with Crippen molar-refractivity contribution in [2.24, 2.45) is 0 Å². The van der Waals surface area contributed by atoms with Crippen LogP contribution in [0.1, 0.15) is 65.1 Å². The molecule has 6 heteroatoms. The first-order valence-electron chi connectivity index (χ1n) is 13.0. The topological polar surface area (TPSA) is 65.5 Å². The summed E-state index contributed by atoms with van der Waals surface area (Å²) in [6.07, 6.45) is 6.78. The molecule has 0 unspecified atom stereocenters. The van der Waals surface area contributed by atoms with E-state index in [1.807, 2.05) is 19.2 Å². The third kappa shape index (κ3) is 6.38. The van der Waals surface area contributed by atoms with Gasteiger partial charge < -0.3 is 15.3 Å². The average molecular weight is 512 g/mol. The van der Waals surface area contributed by atoms with Gasteiger partial charge in [0.2, 0.25) is 0 Å². The summed E-state index contributed by atoms with van der Waals surface area (Å²) in [5.74, 6) is -0.165. The predicted molar refractivity (Wildman–Crippen MR) is 153 cm³/mol. The molecule has 3 aromatic carbocycles. The highest BCUT2D eigenvalue weighted by molar-refractivity contribution is 7.14. The van der Waals surface area contributed by atoms with Crippen LogP contribution in [-0.2, 0) is 13.1 Å². The average Bonchev–Trinajstić information content (AvgIpc) is 3.44. The molecule has 0 bridgehead atoms. The maximum Gasteiger partial charge on any atom is 0.335 e. The van der Waals surface area contributed by atoms with Crippen molar-refractivity contribution >= 4 is 28.1 Å². The van der Waals surface area contributed by atoms with Crippen molar-refractivity contribution in [3.05, 3.63) is 100 Å². The summed E-state index contributed by atoms with van der Waals surface area (Å²) >= 11 is 1.61. The summed E-state index contributed by atoms with van der Waals surface area (Å²) in [6.45, 7) is 1.45. The molecule has 2 N–H and O–H groups in total. The number of carboxylic acids is 1. The van der Waals surface area contributed by atoms with E-state index in [2.05, 4.69) is 64.1 Å². The molecule has 0 aliphatic heterocycles. The number of nitrogens with one attached hydrogen (secondary N) is 1. The van der Waals surface area contributed by atoms with E-state index >= 15 is 0 Å². The largest absolute Gasteiger partial charge is 0.478 e. The molecular formula is C31H33N3O2S. The van der Waals surface area contributed by atoms with E-state index in [9.17, 15) is 4.79 Å². The Balaban J connectivity index is 1.15. The quantitative estimate of drug-likeness (QED) is 0.240. The zero-order chi connectivity index (χ0) is 25.6. The van der Waals surface area contributed by atoms with E-state index in [1.165, 1.54) is 43.2 Å². The third-order valence-corrected chi connectivity index (χ3v) is 8.13. The van der Waals surface area contributed by atoms with Crippen molar-refractivity contribution in [3.63, 3.8) is 0 Å². The van der Waals surface area contributed by atoms with Crippen molar-refractivity contribution in [3.8, 4) is 11.3 Å². The van der Waals surface area contributed by atoms with Crippen LogP contribution in [0.5, 0.6) is 0 Å². The van der Waals surface area contributed by atoms with Crippen LogP contribution in [-0.4, -0.2) is 23.1 Å². The van der Waals surface area contributed by atoms with Crippen LogP contribution in [0.2, 0.25) is 0 Å². The van der Waals surface area contributed by atoms with E-state index in [4.69, 9.17) is 10.1 Å². The van der Waals surface area contributed by atoms with Gasteiger partial charge in [-0.05, 0) is 59.7 Å². The zero-order valence-corrected chi connectivity index (χ0v) is 22.0. The minimum atomic E-state index is -0.908. The van der Waals surface area contributed by atoms with Crippen molar-refractivity contribution in [2.45, 2.75) is 51.1 Å². The van der Waals surface area contributed by atoms with E-state index in [-0.39, 0.29) is 0 Å². The second-order valence-corrected chi connectivity index (χ2v) is 10.7. The molecule has 0 amide bonds. The van der Waals surface area contributed by atoms with Crippen LogP contribution in [0.4, 0.5) is 10.8 Å². The van der Waals surface area contributed by atoms with Crippen LogP contribution in [0.15, 0.2) is 78.2 Å². The minimum Gasteiger partial charge on any atom is -0.478 e. The standard InChI is InChI=1S/C31H33N3O2S/c1-34(20-23-9-13-27(14-10-23)30(35)36)31-33-29(21-37-31)26-11-7-22(8-12-26)19-32-28-17-15-25(16-18-28)24-5-3-2-4-6-24/h7-18,21,24,32H,2-6,19-20H2,1H3,(H,35,36). The summed E-state index contributed by atoms with van der Waals surface area (Å²) in [5.41, 5.74) is 7.29. The van der Waals surface area contributed by atoms with Gasteiger partial charge in [0.1, 0.15) is 0 Å². The molecule has 1 aromatic heterocycles. The molecule has 1 aliphatic rings. The van der Waals surface area contributed by atoms with Gasteiger partial charge in [-0.1, -0.05) is 67.8 Å². The molecule has 0 radical (unpaired) electrons. The predicted octanol–water partition coefficient (Wildman–Crippen LogP) is 7.80. The number of aromatic nitrogens is 1. The van der Waals surface area contributed by atoms with Gasteiger partial charge in [0, 0.05) is 36.8 Å². The van der Waals surface area contributed by atoms with Gasteiger partial charge in [-0.3, -0.25) is 0 Å². The molecule has 5 rings (SSSR count). The third-order valence-electron chi connectivity index (χ3n) is 7.17. The Morgan fingerprint density at radius 3 is 2.30 bits per heavy atom. The van der Waals surface area contributed by atoms with Crippen molar-refractivity contribution in [1.82, 2.24) is 4.98 Å². The molecule has 5 nitrogen and oxygen atoms in total. The Labute approximate surface area is 222 Å². The van der Waals surface area contributed by atoms with Gasteiger partial charge in [-0.2, -0.15) is 0 Å². The number of hydrogen-bond donors (Lipinski definition) is 2. The SMILES string of the molecule is CN(Cc1ccc(C(=O)O)cc1)c1nc(-c2ccc(CNc3ccc(C4CCCCC4)cc3)cc2)cs1. The van der Waals surface area contributed by atoms with E-state index in [0.717, 1.165) is 40.1 Å². The highest BCUT2D eigenvalue weighted by Gasteiger charge is 2.15. The first-order chi connectivity index (χ1) is 18.0. The summed E-state index contributed by atoms with van der Waals surface area (Å²) in [5, 5.41) is 15.6. The van der Waals surface area contributed by atoms with Crippen LogP contribution < -0.4 is 10.2 Å². The molecule has 1 aliphatic carbocycles. The van der Waals surface area contributed by atoms with Gasteiger partial charge in [0.05, 0.1) is 11.3 Å². The number of nitrogens with zero attached hydrogens (tertiary/aromatic N) is 2. The number of rotatable bonds is 9.